The molecule has 2 aliphatic heterocycles. The Bertz CT molecular complexity index is 853. The first-order valence-corrected chi connectivity index (χ1v) is 9.72. The van der Waals surface area contributed by atoms with Gasteiger partial charge in [-0.25, -0.2) is 0 Å². The molecule has 1 aromatic heterocycles. The van der Waals surface area contributed by atoms with Gasteiger partial charge in [-0.05, 0) is 42.7 Å². The number of amides is 2. The van der Waals surface area contributed by atoms with E-state index in [0.717, 1.165) is 24.2 Å². The number of ether oxygens (including phenoxy) is 1. The summed E-state index contributed by atoms with van der Waals surface area (Å²) >= 11 is 0. The number of benzene rings is 1. The Hall–Kier alpha value is -2.89. The average Bonchev–Trinajstić information content (AvgIpc) is 3.14. The highest BCUT2D eigenvalue weighted by Crippen LogP contribution is 2.41. The van der Waals surface area contributed by atoms with Crippen LogP contribution in [0.15, 0.2) is 48.8 Å². The first kappa shape index (κ1) is 18.5. The summed E-state index contributed by atoms with van der Waals surface area (Å²) in [5.74, 6) is 0.947. The van der Waals surface area contributed by atoms with Gasteiger partial charge in [0.25, 0.3) is 5.91 Å². The van der Waals surface area contributed by atoms with Crippen LogP contribution in [0.3, 0.4) is 0 Å². The quantitative estimate of drug-likeness (QED) is 0.823. The first-order chi connectivity index (χ1) is 13.6. The molecule has 0 unspecified atom stereocenters. The molecule has 0 aliphatic carbocycles. The monoisotopic (exact) mass is 379 g/mol. The normalized spacial score (nSPS) is 24.0. The van der Waals surface area contributed by atoms with E-state index in [1.54, 1.807) is 38.6 Å². The lowest BCUT2D eigenvalue weighted by atomic mass is 9.85. The molecule has 146 valence electrons. The predicted molar refractivity (Wildman–Crippen MR) is 105 cm³/mol. The molecule has 2 aliphatic rings. The fourth-order valence-corrected chi connectivity index (χ4v) is 4.69. The van der Waals surface area contributed by atoms with Crippen molar-refractivity contribution in [2.45, 2.75) is 37.8 Å². The van der Waals surface area contributed by atoms with Crippen LogP contribution in [0.2, 0.25) is 0 Å². The Morgan fingerprint density at radius 2 is 1.93 bits per heavy atom. The molecule has 0 bridgehead atoms. The van der Waals surface area contributed by atoms with Crippen LogP contribution >= 0.6 is 0 Å². The second-order valence-corrected chi connectivity index (χ2v) is 7.49. The molecule has 1 aromatic carbocycles. The minimum absolute atomic E-state index is 0.00767. The zero-order valence-corrected chi connectivity index (χ0v) is 16.2. The van der Waals surface area contributed by atoms with Crippen LogP contribution in [0.4, 0.5) is 0 Å². The molecule has 28 heavy (non-hydrogen) atoms. The highest BCUT2D eigenvalue weighted by Gasteiger charge is 2.49. The molecular weight excluding hydrogens is 354 g/mol. The molecule has 3 atom stereocenters. The zero-order chi connectivity index (χ0) is 19.7. The van der Waals surface area contributed by atoms with E-state index >= 15 is 0 Å². The van der Waals surface area contributed by atoms with Crippen molar-refractivity contribution < 1.29 is 14.3 Å². The summed E-state index contributed by atoms with van der Waals surface area (Å²) < 4.78 is 5.28. The summed E-state index contributed by atoms with van der Waals surface area (Å²) in [6.07, 6.45) is 5.11. The lowest BCUT2D eigenvalue weighted by Crippen LogP contribution is -2.53. The number of carbonyl (C=O) groups excluding carboxylic acids is 2. The van der Waals surface area contributed by atoms with Crippen LogP contribution in [-0.2, 0) is 4.79 Å². The van der Waals surface area contributed by atoms with Gasteiger partial charge in [0.15, 0.2) is 0 Å². The molecule has 6 heteroatoms. The first-order valence-electron chi connectivity index (χ1n) is 9.72. The summed E-state index contributed by atoms with van der Waals surface area (Å²) in [6.45, 7) is 2.95. The Kier molecular flexibility index (Phi) is 5.03. The number of hydrogen-bond acceptors (Lipinski definition) is 4. The second-order valence-electron chi connectivity index (χ2n) is 7.49. The van der Waals surface area contributed by atoms with E-state index in [9.17, 15) is 9.59 Å². The van der Waals surface area contributed by atoms with E-state index in [-0.39, 0.29) is 29.8 Å². The topological polar surface area (TPSA) is 62.7 Å². The van der Waals surface area contributed by atoms with E-state index < -0.39 is 0 Å². The molecule has 0 N–H and O–H groups in total. The maximum atomic E-state index is 13.3. The standard InChI is InChI=1S/C22H25N3O3/c1-15(26)25-14-19(16-7-9-18(28-2)10-8-16)21-20(25)6-4-12-24(21)22(27)17-5-3-11-23-13-17/h3,5,7-11,13,19-21H,4,6,12,14H2,1-2H3/t19-,20-,21-/m1/s1. The maximum Gasteiger partial charge on any atom is 0.255 e. The maximum absolute atomic E-state index is 13.3. The van der Waals surface area contributed by atoms with Crippen LogP contribution in [-0.4, -0.2) is 58.9 Å². The smallest absolute Gasteiger partial charge is 0.255 e. The fourth-order valence-electron chi connectivity index (χ4n) is 4.69. The van der Waals surface area contributed by atoms with E-state index in [1.807, 2.05) is 34.1 Å². The molecule has 0 saturated carbocycles. The number of pyridine rings is 1. The number of aromatic nitrogens is 1. The lowest BCUT2D eigenvalue weighted by Gasteiger charge is -2.41. The summed E-state index contributed by atoms with van der Waals surface area (Å²) in [5, 5.41) is 0. The van der Waals surface area contributed by atoms with E-state index in [4.69, 9.17) is 4.74 Å². The zero-order valence-electron chi connectivity index (χ0n) is 16.2. The van der Waals surface area contributed by atoms with Gasteiger partial charge in [0.05, 0.1) is 24.8 Å². The van der Waals surface area contributed by atoms with Crippen molar-refractivity contribution in [3.8, 4) is 5.75 Å². The third-order valence-electron chi connectivity index (χ3n) is 5.98. The Morgan fingerprint density at radius 1 is 1.14 bits per heavy atom. The number of hydrogen-bond donors (Lipinski definition) is 0. The molecule has 2 saturated heterocycles. The van der Waals surface area contributed by atoms with Crippen molar-refractivity contribution in [1.82, 2.24) is 14.8 Å². The van der Waals surface area contributed by atoms with Crippen molar-refractivity contribution in [2.75, 3.05) is 20.2 Å². The number of carbonyl (C=O) groups is 2. The summed E-state index contributed by atoms with van der Waals surface area (Å²) in [6, 6.07) is 11.6. The van der Waals surface area contributed by atoms with Crippen LogP contribution in [0.25, 0.3) is 0 Å². The summed E-state index contributed by atoms with van der Waals surface area (Å²) in [5.41, 5.74) is 1.73. The van der Waals surface area contributed by atoms with E-state index in [2.05, 4.69) is 4.98 Å². The van der Waals surface area contributed by atoms with Gasteiger partial charge in [-0.1, -0.05) is 12.1 Å². The minimum Gasteiger partial charge on any atom is -0.497 e. The number of methoxy groups -OCH3 is 1. The summed E-state index contributed by atoms with van der Waals surface area (Å²) in [7, 11) is 1.65. The van der Waals surface area contributed by atoms with Crippen LogP contribution in [0.1, 0.15) is 41.6 Å². The Balaban J connectivity index is 1.70. The largest absolute Gasteiger partial charge is 0.497 e. The van der Waals surface area contributed by atoms with Crippen molar-refractivity contribution in [2.24, 2.45) is 0 Å². The van der Waals surface area contributed by atoms with Gasteiger partial charge >= 0.3 is 0 Å². The molecule has 3 heterocycles. The lowest BCUT2D eigenvalue weighted by molar-refractivity contribution is -0.130. The van der Waals surface area contributed by atoms with Gasteiger partial charge in [-0.2, -0.15) is 0 Å². The molecule has 2 aromatic rings. The van der Waals surface area contributed by atoms with Crippen LogP contribution < -0.4 is 4.74 Å². The molecule has 6 nitrogen and oxygen atoms in total. The molecule has 4 rings (SSSR count). The number of piperidine rings is 1. The number of likely N-dealkylation sites (tertiary alicyclic amines) is 2. The number of fused-ring (bicyclic) bond motifs is 1. The van der Waals surface area contributed by atoms with Gasteiger partial charge in [-0.15, -0.1) is 0 Å². The van der Waals surface area contributed by atoms with Gasteiger partial charge in [0, 0.05) is 38.3 Å². The number of nitrogens with zero attached hydrogens (tertiary/aromatic N) is 3. The predicted octanol–water partition coefficient (Wildman–Crippen LogP) is 2.71. The van der Waals surface area contributed by atoms with Crippen molar-refractivity contribution in [3.05, 3.63) is 59.9 Å². The molecule has 0 radical (unpaired) electrons. The molecule has 2 fully saturated rings. The Labute approximate surface area is 165 Å². The van der Waals surface area contributed by atoms with Crippen molar-refractivity contribution in [1.29, 1.82) is 0 Å². The third-order valence-corrected chi connectivity index (χ3v) is 5.98. The van der Waals surface area contributed by atoms with Gasteiger partial charge in [0.2, 0.25) is 5.91 Å². The highest BCUT2D eigenvalue weighted by molar-refractivity contribution is 5.94. The fraction of sp³-hybridized carbons (Fsp3) is 0.409. The molecular formula is C22H25N3O3. The van der Waals surface area contributed by atoms with Gasteiger partial charge in [-0.3, -0.25) is 14.6 Å². The summed E-state index contributed by atoms with van der Waals surface area (Å²) in [4.78, 5) is 33.6. The van der Waals surface area contributed by atoms with Crippen LogP contribution in [0.5, 0.6) is 5.75 Å². The third kappa shape index (κ3) is 3.23. The van der Waals surface area contributed by atoms with Crippen molar-refractivity contribution in [3.63, 3.8) is 0 Å². The van der Waals surface area contributed by atoms with Crippen molar-refractivity contribution >= 4 is 11.8 Å². The highest BCUT2D eigenvalue weighted by atomic mass is 16.5. The van der Waals surface area contributed by atoms with Gasteiger partial charge in [0.1, 0.15) is 5.75 Å². The van der Waals surface area contributed by atoms with E-state index in [0.29, 0.717) is 18.7 Å². The number of rotatable bonds is 3. The SMILES string of the molecule is COc1ccc([C@H]2CN(C(C)=O)[C@@H]3CCCN(C(=O)c4cccnc4)[C@H]23)cc1. The minimum atomic E-state index is -0.0289. The van der Waals surface area contributed by atoms with E-state index in [1.165, 1.54) is 0 Å². The molecule has 2 amide bonds. The van der Waals surface area contributed by atoms with Gasteiger partial charge < -0.3 is 14.5 Å². The van der Waals surface area contributed by atoms with Crippen LogP contribution in [0, 0.1) is 0 Å². The Morgan fingerprint density at radius 3 is 2.57 bits per heavy atom. The second kappa shape index (κ2) is 7.62. The molecule has 0 spiro atoms. The average molecular weight is 379 g/mol.